The maximum absolute atomic E-state index is 9.70. The van der Waals surface area contributed by atoms with Crippen molar-refractivity contribution in [3.05, 3.63) is 6.42 Å². The molecule has 0 amide bonds. The summed E-state index contributed by atoms with van der Waals surface area (Å²) in [5.74, 6) is 0.130. The summed E-state index contributed by atoms with van der Waals surface area (Å²) in [4.78, 5) is 9.70. The van der Waals surface area contributed by atoms with Crippen LogP contribution in [0, 0.1) is 12.3 Å². The van der Waals surface area contributed by atoms with E-state index in [4.69, 9.17) is 0 Å². The van der Waals surface area contributed by atoms with E-state index in [0.29, 0.717) is 0 Å². The van der Waals surface area contributed by atoms with Crippen molar-refractivity contribution in [3.8, 4) is 0 Å². The van der Waals surface area contributed by atoms with E-state index in [1.54, 1.807) is 0 Å². The zero-order valence-corrected chi connectivity index (χ0v) is 4.14. The maximum atomic E-state index is 9.70. The summed E-state index contributed by atoms with van der Waals surface area (Å²) in [5.41, 5.74) is 0. The summed E-state index contributed by atoms with van der Waals surface area (Å²) in [5, 5.41) is 0. The van der Waals surface area contributed by atoms with Crippen LogP contribution in [0.2, 0.25) is 0 Å². The summed E-state index contributed by atoms with van der Waals surface area (Å²) in [7, 11) is 0. The van der Waals surface area contributed by atoms with E-state index in [2.05, 4.69) is 0 Å². The van der Waals surface area contributed by atoms with E-state index in [-0.39, 0.29) is 5.92 Å². The Morgan fingerprint density at radius 3 is 2.17 bits per heavy atom. The smallest absolute Gasteiger partial charge is 0.123 e. The van der Waals surface area contributed by atoms with Crippen molar-refractivity contribution < 1.29 is 4.79 Å². The monoisotopic (exact) mass is 85.1 g/mol. The molecule has 0 aromatic rings. The molecular formula is C5H9O. The minimum Gasteiger partial charge on any atom is -0.303 e. The molecule has 6 heavy (non-hydrogen) atoms. The van der Waals surface area contributed by atoms with E-state index in [9.17, 15) is 4.79 Å². The highest BCUT2D eigenvalue weighted by atomic mass is 16.1. The van der Waals surface area contributed by atoms with E-state index in [1.807, 2.05) is 20.3 Å². The molecular weight excluding hydrogens is 76.1 g/mol. The molecule has 0 aliphatic heterocycles. The van der Waals surface area contributed by atoms with E-state index in [0.717, 1.165) is 6.29 Å². The molecule has 1 radical (unpaired) electrons. The van der Waals surface area contributed by atoms with Crippen molar-refractivity contribution in [2.45, 2.75) is 13.8 Å². The first-order valence-electron chi connectivity index (χ1n) is 2.06. The second-order valence-electron chi connectivity index (χ2n) is 1.33. The quantitative estimate of drug-likeness (QED) is 0.458. The van der Waals surface area contributed by atoms with Crippen LogP contribution in [0.1, 0.15) is 13.8 Å². The van der Waals surface area contributed by atoms with Crippen LogP contribution in [0.5, 0.6) is 0 Å². The second kappa shape index (κ2) is 2.88. The van der Waals surface area contributed by atoms with Gasteiger partial charge < -0.3 is 4.79 Å². The Labute approximate surface area is 38.4 Å². The van der Waals surface area contributed by atoms with Crippen molar-refractivity contribution in [2.24, 2.45) is 5.92 Å². The molecule has 0 spiro atoms. The summed E-state index contributed by atoms with van der Waals surface area (Å²) in [6, 6.07) is 0. The van der Waals surface area contributed by atoms with Crippen LogP contribution in [0.4, 0.5) is 0 Å². The predicted molar refractivity (Wildman–Crippen MR) is 25.2 cm³/mol. The van der Waals surface area contributed by atoms with Crippen LogP contribution in [-0.2, 0) is 4.79 Å². The molecule has 0 fully saturated rings. The zero-order chi connectivity index (χ0) is 4.99. The summed E-state index contributed by atoms with van der Waals surface area (Å²) in [6.45, 7) is 3.73. The zero-order valence-electron chi connectivity index (χ0n) is 4.14. The van der Waals surface area contributed by atoms with Gasteiger partial charge in [-0.1, -0.05) is 13.8 Å². The highest BCUT2D eigenvalue weighted by molar-refractivity contribution is 5.54. The molecule has 0 aromatic carbocycles. The van der Waals surface area contributed by atoms with Gasteiger partial charge in [0.15, 0.2) is 0 Å². The molecule has 0 rings (SSSR count). The lowest BCUT2D eigenvalue weighted by Gasteiger charge is -1.89. The van der Waals surface area contributed by atoms with Gasteiger partial charge >= 0.3 is 0 Å². The first-order valence-corrected chi connectivity index (χ1v) is 2.06. The molecule has 0 aliphatic carbocycles. The third-order valence-corrected chi connectivity index (χ3v) is 0.740. The van der Waals surface area contributed by atoms with Crippen LogP contribution in [0.25, 0.3) is 0 Å². The van der Waals surface area contributed by atoms with E-state index < -0.39 is 0 Å². The molecule has 0 bridgehead atoms. The van der Waals surface area contributed by atoms with Gasteiger partial charge in [-0.3, -0.25) is 0 Å². The van der Waals surface area contributed by atoms with Gasteiger partial charge in [0.1, 0.15) is 6.29 Å². The molecule has 1 nitrogen and oxygen atoms in total. The number of rotatable bonds is 2. The van der Waals surface area contributed by atoms with Gasteiger partial charge in [0.2, 0.25) is 0 Å². The molecule has 0 saturated carbocycles. The third-order valence-electron chi connectivity index (χ3n) is 0.740. The van der Waals surface area contributed by atoms with Crippen LogP contribution < -0.4 is 0 Å². The number of aldehydes is 1. The topological polar surface area (TPSA) is 17.1 Å². The lowest BCUT2D eigenvalue weighted by molar-refractivity contribution is -0.109. The van der Waals surface area contributed by atoms with Crippen molar-refractivity contribution in [2.75, 3.05) is 0 Å². The summed E-state index contributed by atoms with van der Waals surface area (Å²) in [6.07, 6.45) is 2.77. The average molecular weight is 85.1 g/mol. The van der Waals surface area contributed by atoms with E-state index in [1.165, 1.54) is 0 Å². The predicted octanol–water partition coefficient (Wildman–Crippen LogP) is 1.05. The lowest BCUT2D eigenvalue weighted by atomic mass is 10.2. The molecule has 0 aliphatic rings. The number of hydrogen-bond donors (Lipinski definition) is 0. The number of carbonyl (C=O) groups excluding carboxylic acids is 1. The van der Waals surface area contributed by atoms with Crippen molar-refractivity contribution in [1.82, 2.24) is 0 Å². The lowest BCUT2D eigenvalue weighted by Crippen LogP contribution is -1.90. The Bertz CT molecular complexity index is 41.2. The Kier molecular flexibility index (Phi) is 2.73. The van der Waals surface area contributed by atoms with Crippen LogP contribution in [-0.4, -0.2) is 6.29 Å². The standard InChI is InChI=1S/C5H9O/c1-3-5(2)4-6/h3-5H,1-2H3. The van der Waals surface area contributed by atoms with Crippen molar-refractivity contribution >= 4 is 6.29 Å². The fourth-order valence-electron chi connectivity index (χ4n) is 0.0786. The van der Waals surface area contributed by atoms with Gasteiger partial charge in [0.25, 0.3) is 0 Å². The highest BCUT2D eigenvalue weighted by Crippen LogP contribution is 1.90. The Morgan fingerprint density at radius 1 is 1.67 bits per heavy atom. The molecule has 1 heteroatoms. The minimum absolute atomic E-state index is 0.130. The normalized spacial score (nSPS) is 13.7. The van der Waals surface area contributed by atoms with Gasteiger partial charge in [-0.15, -0.1) is 0 Å². The SMILES string of the molecule is C[CH]C(C)C=O. The fourth-order valence-corrected chi connectivity index (χ4v) is 0.0786. The van der Waals surface area contributed by atoms with Gasteiger partial charge in [0, 0.05) is 5.92 Å². The third kappa shape index (κ3) is 1.94. The van der Waals surface area contributed by atoms with Crippen LogP contribution in [0.3, 0.4) is 0 Å². The first-order chi connectivity index (χ1) is 2.81. The second-order valence-corrected chi connectivity index (χ2v) is 1.33. The molecule has 0 saturated heterocycles. The fraction of sp³-hybridized carbons (Fsp3) is 0.600. The number of hydrogen-bond acceptors (Lipinski definition) is 1. The first kappa shape index (κ1) is 5.67. The average Bonchev–Trinajstić information content (AvgIpc) is 1.65. The molecule has 35 valence electrons. The molecule has 0 heterocycles. The largest absolute Gasteiger partial charge is 0.303 e. The Balaban J connectivity index is 2.96. The van der Waals surface area contributed by atoms with Gasteiger partial charge in [-0.05, 0) is 6.42 Å². The summed E-state index contributed by atoms with van der Waals surface area (Å²) < 4.78 is 0. The Morgan fingerprint density at radius 2 is 2.17 bits per heavy atom. The number of carbonyl (C=O) groups is 1. The van der Waals surface area contributed by atoms with Crippen molar-refractivity contribution in [3.63, 3.8) is 0 Å². The molecule has 0 N–H and O–H groups in total. The van der Waals surface area contributed by atoms with Crippen molar-refractivity contribution in [1.29, 1.82) is 0 Å². The minimum atomic E-state index is 0.130. The van der Waals surface area contributed by atoms with E-state index >= 15 is 0 Å². The van der Waals surface area contributed by atoms with Crippen LogP contribution in [0.15, 0.2) is 0 Å². The van der Waals surface area contributed by atoms with Crippen LogP contribution >= 0.6 is 0 Å². The molecule has 1 atom stereocenters. The molecule has 1 unspecified atom stereocenters. The van der Waals surface area contributed by atoms with Gasteiger partial charge in [-0.2, -0.15) is 0 Å². The highest BCUT2D eigenvalue weighted by Gasteiger charge is 1.89. The molecule has 0 aromatic heterocycles. The van der Waals surface area contributed by atoms with Gasteiger partial charge in [-0.25, -0.2) is 0 Å². The Hall–Kier alpha value is -0.330. The summed E-state index contributed by atoms with van der Waals surface area (Å²) >= 11 is 0. The maximum Gasteiger partial charge on any atom is 0.123 e. The van der Waals surface area contributed by atoms with Gasteiger partial charge in [0.05, 0.1) is 0 Å².